The van der Waals surface area contributed by atoms with Crippen LogP contribution in [-0.4, -0.2) is 31.7 Å². The summed E-state index contributed by atoms with van der Waals surface area (Å²) in [5.41, 5.74) is 2.50. The van der Waals surface area contributed by atoms with Crippen LogP contribution in [0.2, 0.25) is 0 Å². The molecule has 7 heteroatoms. The highest BCUT2D eigenvalue weighted by Gasteiger charge is 2.28. The van der Waals surface area contributed by atoms with Crippen molar-refractivity contribution in [3.8, 4) is 0 Å². The lowest BCUT2D eigenvalue weighted by atomic mass is 10.1. The fourth-order valence-corrected chi connectivity index (χ4v) is 6.96. The van der Waals surface area contributed by atoms with E-state index in [1.54, 1.807) is 16.4 Å². The standard InChI is InChI=1S/C20H24N2O3S2/c23-19(21-18-10-8-15-6-2-3-7-17(15)18)14-16-9-11-20(26-16)27(24,25)22-12-4-1-5-13-22/h2-3,6-7,9,11,18H,1,4-5,8,10,12-14H2,(H,21,23)/t18-/m1/s1. The van der Waals surface area contributed by atoms with Crippen molar-refractivity contribution in [2.75, 3.05) is 13.1 Å². The van der Waals surface area contributed by atoms with Gasteiger partial charge < -0.3 is 5.32 Å². The van der Waals surface area contributed by atoms with Gasteiger partial charge in [0.05, 0.1) is 12.5 Å². The molecule has 1 fully saturated rings. The molecule has 1 aromatic carbocycles. The minimum Gasteiger partial charge on any atom is -0.349 e. The Balaban J connectivity index is 1.40. The van der Waals surface area contributed by atoms with Crippen molar-refractivity contribution in [2.45, 2.75) is 48.8 Å². The second kappa shape index (κ2) is 7.73. The highest BCUT2D eigenvalue weighted by molar-refractivity contribution is 7.91. The molecule has 4 rings (SSSR count). The molecule has 1 amide bonds. The molecule has 1 aromatic heterocycles. The lowest BCUT2D eigenvalue weighted by molar-refractivity contribution is -0.121. The van der Waals surface area contributed by atoms with E-state index in [-0.39, 0.29) is 18.4 Å². The number of nitrogens with one attached hydrogen (secondary N) is 1. The van der Waals surface area contributed by atoms with Crippen LogP contribution in [0.3, 0.4) is 0 Å². The Morgan fingerprint density at radius 2 is 1.89 bits per heavy atom. The van der Waals surface area contributed by atoms with Gasteiger partial charge in [-0.2, -0.15) is 4.31 Å². The SMILES string of the molecule is O=C(Cc1ccc(S(=O)(=O)N2CCCCC2)s1)N[C@@H]1CCc2ccccc21. The van der Waals surface area contributed by atoms with Crippen molar-refractivity contribution >= 4 is 27.3 Å². The molecule has 0 unspecified atom stereocenters. The number of sulfonamides is 1. The molecular weight excluding hydrogens is 380 g/mol. The third-order valence-electron chi connectivity index (χ3n) is 5.35. The molecule has 1 saturated heterocycles. The molecule has 2 aliphatic rings. The Bertz CT molecular complexity index is 930. The van der Waals surface area contributed by atoms with Crippen LogP contribution in [0, 0.1) is 0 Å². The summed E-state index contributed by atoms with van der Waals surface area (Å²) in [7, 11) is -3.42. The normalized spacial score (nSPS) is 20.4. The summed E-state index contributed by atoms with van der Waals surface area (Å²) in [6, 6.07) is 11.7. The average molecular weight is 405 g/mol. The lowest BCUT2D eigenvalue weighted by Gasteiger charge is -2.25. The summed E-state index contributed by atoms with van der Waals surface area (Å²) in [5, 5.41) is 3.10. The van der Waals surface area contributed by atoms with Crippen molar-refractivity contribution in [1.29, 1.82) is 0 Å². The number of amides is 1. The minimum atomic E-state index is -3.42. The molecule has 2 aromatic rings. The first kappa shape index (κ1) is 18.7. The van der Waals surface area contributed by atoms with E-state index in [2.05, 4.69) is 17.4 Å². The molecule has 1 aliphatic carbocycles. The van der Waals surface area contributed by atoms with Gasteiger partial charge in [0.25, 0.3) is 10.0 Å². The molecule has 27 heavy (non-hydrogen) atoms. The molecule has 0 spiro atoms. The number of fused-ring (bicyclic) bond motifs is 1. The van der Waals surface area contributed by atoms with Crippen LogP contribution in [0.1, 0.15) is 47.7 Å². The monoisotopic (exact) mass is 404 g/mol. The second-order valence-corrected chi connectivity index (χ2v) is 10.6. The Kier molecular flexibility index (Phi) is 5.34. The molecule has 1 atom stereocenters. The first-order valence-electron chi connectivity index (χ1n) is 9.50. The maximum Gasteiger partial charge on any atom is 0.252 e. The van der Waals surface area contributed by atoms with Gasteiger partial charge in [-0.05, 0) is 48.9 Å². The number of carbonyl (C=O) groups excluding carboxylic acids is 1. The number of carbonyl (C=O) groups is 1. The number of rotatable bonds is 5. The number of thiophene rings is 1. The van der Waals surface area contributed by atoms with E-state index in [0.29, 0.717) is 17.3 Å². The molecule has 0 radical (unpaired) electrons. The summed E-state index contributed by atoms with van der Waals surface area (Å²) < 4.78 is 27.4. The van der Waals surface area contributed by atoms with Gasteiger partial charge in [0.2, 0.25) is 5.91 Å². The Labute approximate surface area is 164 Å². The number of aryl methyl sites for hydroxylation is 1. The summed E-state index contributed by atoms with van der Waals surface area (Å²) in [5.74, 6) is -0.0551. The van der Waals surface area contributed by atoms with Gasteiger partial charge in [0.15, 0.2) is 0 Å². The van der Waals surface area contributed by atoms with Crippen molar-refractivity contribution in [3.63, 3.8) is 0 Å². The van der Waals surface area contributed by atoms with E-state index in [4.69, 9.17) is 0 Å². The van der Waals surface area contributed by atoms with Crippen LogP contribution in [0.15, 0.2) is 40.6 Å². The van der Waals surface area contributed by atoms with Crippen LogP contribution in [-0.2, 0) is 27.7 Å². The highest BCUT2D eigenvalue weighted by atomic mass is 32.2. The van der Waals surface area contributed by atoms with Gasteiger partial charge in [-0.15, -0.1) is 11.3 Å². The van der Waals surface area contributed by atoms with Crippen LogP contribution >= 0.6 is 11.3 Å². The van der Waals surface area contributed by atoms with Crippen molar-refractivity contribution in [2.24, 2.45) is 0 Å². The van der Waals surface area contributed by atoms with E-state index in [9.17, 15) is 13.2 Å². The summed E-state index contributed by atoms with van der Waals surface area (Å²) in [6.07, 6.45) is 5.05. The molecule has 5 nitrogen and oxygen atoms in total. The first-order chi connectivity index (χ1) is 13.0. The summed E-state index contributed by atoms with van der Waals surface area (Å²) in [4.78, 5) is 13.3. The average Bonchev–Trinajstić information content (AvgIpc) is 3.30. The molecule has 1 N–H and O–H groups in total. The Hall–Kier alpha value is -1.70. The number of piperidine rings is 1. The van der Waals surface area contributed by atoms with E-state index in [1.165, 1.54) is 22.5 Å². The zero-order valence-electron chi connectivity index (χ0n) is 15.2. The van der Waals surface area contributed by atoms with Crippen LogP contribution < -0.4 is 5.32 Å². The third-order valence-corrected chi connectivity index (χ3v) is 8.80. The van der Waals surface area contributed by atoms with Crippen LogP contribution in [0.4, 0.5) is 0 Å². The topological polar surface area (TPSA) is 66.5 Å². The maximum absolute atomic E-state index is 12.7. The molecular formula is C20H24N2O3S2. The predicted octanol–water partition coefficient (Wildman–Crippen LogP) is 3.27. The fourth-order valence-electron chi connectivity index (χ4n) is 3.94. The number of hydrogen-bond donors (Lipinski definition) is 1. The Morgan fingerprint density at radius 3 is 2.70 bits per heavy atom. The quantitative estimate of drug-likeness (QED) is 0.832. The minimum absolute atomic E-state index is 0.0551. The van der Waals surface area contributed by atoms with E-state index >= 15 is 0 Å². The molecule has 1 aliphatic heterocycles. The predicted molar refractivity (Wildman–Crippen MR) is 106 cm³/mol. The zero-order chi connectivity index (χ0) is 18.9. The fraction of sp³-hybridized carbons (Fsp3) is 0.450. The lowest BCUT2D eigenvalue weighted by Crippen LogP contribution is -2.35. The molecule has 0 saturated carbocycles. The van der Waals surface area contributed by atoms with Crippen LogP contribution in [0.5, 0.6) is 0 Å². The van der Waals surface area contributed by atoms with Gasteiger partial charge in [-0.3, -0.25) is 4.79 Å². The Morgan fingerprint density at radius 1 is 1.11 bits per heavy atom. The molecule has 2 heterocycles. The second-order valence-electron chi connectivity index (χ2n) is 7.22. The number of hydrogen-bond acceptors (Lipinski definition) is 4. The first-order valence-corrected chi connectivity index (χ1v) is 11.8. The number of nitrogens with zero attached hydrogens (tertiary/aromatic N) is 1. The highest BCUT2D eigenvalue weighted by Crippen LogP contribution is 2.31. The van der Waals surface area contributed by atoms with Gasteiger partial charge in [0, 0.05) is 18.0 Å². The van der Waals surface area contributed by atoms with E-state index < -0.39 is 10.0 Å². The van der Waals surface area contributed by atoms with Crippen LogP contribution in [0.25, 0.3) is 0 Å². The van der Waals surface area contributed by atoms with Gasteiger partial charge >= 0.3 is 0 Å². The van der Waals surface area contributed by atoms with Gasteiger partial charge in [0.1, 0.15) is 4.21 Å². The zero-order valence-corrected chi connectivity index (χ0v) is 16.8. The maximum atomic E-state index is 12.7. The van der Waals surface area contributed by atoms with Crippen molar-refractivity contribution < 1.29 is 13.2 Å². The van der Waals surface area contributed by atoms with Gasteiger partial charge in [-0.25, -0.2) is 8.42 Å². The smallest absolute Gasteiger partial charge is 0.252 e. The van der Waals surface area contributed by atoms with Crippen molar-refractivity contribution in [3.05, 3.63) is 52.4 Å². The largest absolute Gasteiger partial charge is 0.349 e. The van der Waals surface area contributed by atoms with Crippen molar-refractivity contribution in [1.82, 2.24) is 9.62 Å². The van der Waals surface area contributed by atoms with Gasteiger partial charge in [-0.1, -0.05) is 30.7 Å². The third kappa shape index (κ3) is 3.95. The summed E-state index contributed by atoms with van der Waals surface area (Å²) >= 11 is 1.21. The molecule has 144 valence electrons. The van der Waals surface area contributed by atoms with E-state index in [1.807, 2.05) is 12.1 Å². The summed E-state index contributed by atoms with van der Waals surface area (Å²) in [6.45, 7) is 1.19. The number of benzene rings is 1. The molecule has 0 bridgehead atoms. The van der Waals surface area contributed by atoms with E-state index in [0.717, 1.165) is 37.0 Å².